The van der Waals surface area contributed by atoms with Gasteiger partial charge >= 0.3 is 31.3 Å². The van der Waals surface area contributed by atoms with Crippen LogP contribution in [0.25, 0.3) is 11.2 Å². The number of H-pyrrole nitrogens is 1. The average Bonchev–Trinajstić information content (AvgIpc) is 3.40. The molecule has 0 aromatic carbocycles. The van der Waals surface area contributed by atoms with Gasteiger partial charge < -0.3 is 35.8 Å². The van der Waals surface area contributed by atoms with E-state index in [4.69, 9.17) is 20.7 Å². The lowest BCUT2D eigenvalue weighted by molar-refractivity contribution is -0.0273. The van der Waals surface area contributed by atoms with E-state index in [9.17, 15) is 42.6 Å². The van der Waals surface area contributed by atoms with Crippen molar-refractivity contribution in [2.75, 3.05) is 25.5 Å². The minimum absolute atomic E-state index is 0.000275. The molecule has 0 amide bonds. The highest BCUT2D eigenvalue weighted by Gasteiger charge is 2.46. The standard InChI is InChI=1S/C17H32N6O15P4/c1-11-8-13(23-10-20-14-15(23)21-17(19)22-16(14)24)35-12(11)9-34-40(27,28)37-42(31,32)38-41(29,30)36-39(25,26)33-7-5-3-2-4-6-18/h10-13H,2-9,18H2,1H3,(H,25,26)(H,27,28)(H,29,30)(H,31,32)(H3,19,21,22,24)/t11?,12-,13-/m1/s1. The minimum atomic E-state index is -5.91. The fourth-order valence-corrected chi connectivity index (χ4v) is 8.79. The molecule has 3 heterocycles. The zero-order chi connectivity index (χ0) is 31.3. The number of hydrogen-bond donors (Lipinski definition) is 7. The summed E-state index contributed by atoms with van der Waals surface area (Å²) in [6.45, 7) is 1.11. The zero-order valence-electron chi connectivity index (χ0n) is 22.0. The molecule has 1 aliphatic heterocycles. The molecule has 25 heteroatoms. The highest BCUT2D eigenvalue weighted by molar-refractivity contribution is 7.69. The van der Waals surface area contributed by atoms with Crippen molar-refractivity contribution in [2.45, 2.75) is 51.4 Å². The molecule has 2 aromatic heterocycles. The van der Waals surface area contributed by atoms with E-state index in [1.54, 1.807) is 6.92 Å². The first-order valence-corrected chi connectivity index (χ1v) is 18.2. The van der Waals surface area contributed by atoms with E-state index in [0.29, 0.717) is 32.2 Å². The smallest absolute Gasteiger partial charge is 0.369 e. The third kappa shape index (κ3) is 10.4. The molecule has 21 nitrogen and oxygen atoms in total. The van der Waals surface area contributed by atoms with Crippen molar-refractivity contribution in [1.82, 2.24) is 19.5 Å². The van der Waals surface area contributed by atoms with E-state index in [0.717, 1.165) is 0 Å². The van der Waals surface area contributed by atoms with Gasteiger partial charge in [0.25, 0.3) is 5.56 Å². The molecule has 0 aliphatic carbocycles. The van der Waals surface area contributed by atoms with Crippen LogP contribution < -0.4 is 17.0 Å². The molecule has 3 rings (SSSR count). The van der Waals surface area contributed by atoms with E-state index in [1.807, 2.05) is 0 Å². The lowest BCUT2D eigenvalue weighted by Gasteiger charge is -2.21. The summed E-state index contributed by atoms with van der Waals surface area (Å²) in [6, 6.07) is 0. The molecular weight excluding hydrogens is 652 g/mol. The summed E-state index contributed by atoms with van der Waals surface area (Å²) >= 11 is 0. The summed E-state index contributed by atoms with van der Waals surface area (Å²) in [5.41, 5.74) is 10.5. The van der Waals surface area contributed by atoms with Gasteiger partial charge in [0, 0.05) is 0 Å². The first kappa shape index (κ1) is 35.1. The summed E-state index contributed by atoms with van der Waals surface area (Å²) in [7, 11) is -22.5. The Morgan fingerprint density at radius 2 is 1.60 bits per heavy atom. The number of phosphoric acid groups is 4. The molecule has 1 aliphatic rings. The quantitative estimate of drug-likeness (QED) is 0.0919. The number of unbranched alkanes of at least 4 members (excludes halogenated alkanes) is 3. The number of aromatic nitrogens is 4. The van der Waals surface area contributed by atoms with E-state index in [1.165, 1.54) is 10.9 Å². The van der Waals surface area contributed by atoms with Crippen LogP contribution in [0.5, 0.6) is 0 Å². The molecule has 5 unspecified atom stereocenters. The number of imidazole rings is 1. The maximum atomic E-state index is 12.3. The van der Waals surface area contributed by atoms with Gasteiger partial charge in [0.15, 0.2) is 11.2 Å². The predicted octanol–water partition coefficient (Wildman–Crippen LogP) is 1.63. The number of fused-ring (bicyclic) bond motifs is 1. The van der Waals surface area contributed by atoms with Crippen LogP contribution in [0.4, 0.5) is 5.95 Å². The monoisotopic (exact) mass is 684 g/mol. The largest absolute Gasteiger partial charge is 0.490 e. The first-order chi connectivity index (χ1) is 19.4. The summed E-state index contributed by atoms with van der Waals surface area (Å²) in [5.74, 6) is -0.496. The molecule has 42 heavy (non-hydrogen) atoms. The maximum Gasteiger partial charge on any atom is 0.490 e. The molecule has 7 atom stereocenters. The van der Waals surface area contributed by atoms with Crippen molar-refractivity contribution in [2.24, 2.45) is 11.7 Å². The maximum absolute atomic E-state index is 12.3. The summed E-state index contributed by atoms with van der Waals surface area (Å²) in [6.07, 6.45) is 2.20. The van der Waals surface area contributed by atoms with E-state index < -0.39 is 55.8 Å². The number of nitrogens with one attached hydrogen (secondary N) is 1. The van der Waals surface area contributed by atoms with Gasteiger partial charge in [-0.25, -0.2) is 23.2 Å². The fraction of sp³-hybridized carbons (Fsp3) is 0.706. The molecular formula is C17H32N6O15P4. The third-order valence-corrected chi connectivity index (χ3v) is 11.6. The average molecular weight is 684 g/mol. The highest BCUT2D eigenvalue weighted by Crippen LogP contribution is 2.71. The van der Waals surface area contributed by atoms with Gasteiger partial charge in [-0.1, -0.05) is 19.8 Å². The normalized spacial score (nSPS) is 25.0. The minimum Gasteiger partial charge on any atom is -0.369 e. The van der Waals surface area contributed by atoms with Crippen molar-refractivity contribution in [3.05, 3.63) is 16.7 Å². The lowest BCUT2D eigenvalue weighted by Crippen LogP contribution is -2.21. The number of nitrogen functional groups attached to an aromatic ring is 1. The fourth-order valence-electron chi connectivity index (χ4n) is 3.81. The number of ether oxygens (including phenoxy) is 1. The number of rotatable bonds is 17. The SMILES string of the molecule is CC1C[C@H](n2cnc3c(=O)[nH]c(N)nc32)O[C@@H]1COP(=O)(O)OP(=O)(O)OP(=O)(O)OP(=O)(O)OCCCCCCN. The number of nitrogens with two attached hydrogens (primary N) is 2. The van der Waals surface area contributed by atoms with E-state index in [2.05, 4.69) is 32.4 Å². The van der Waals surface area contributed by atoms with Gasteiger partial charge in [-0.05, 0) is 31.7 Å². The summed E-state index contributed by atoms with van der Waals surface area (Å²) < 4.78 is 76.5. The topological polar surface area (TPSA) is 320 Å². The first-order valence-electron chi connectivity index (χ1n) is 12.2. The molecule has 2 aromatic rings. The second kappa shape index (κ2) is 14.2. The molecule has 240 valence electrons. The van der Waals surface area contributed by atoms with E-state index >= 15 is 0 Å². The van der Waals surface area contributed by atoms with Crippen LogP contribution in [0.15, 0.2) is 11.1 Å². The number of nitrogens with zero attached hydrogens (tertiary/aromatic N) is 3. The van der Waals surface area contributed by atoms with Gasteiger partial charge in [-0.3, -0.25) is 23.4 Å². The van der Waals surface area contributed by atoms with Crippen LogP contribution in [-0.2, 0) is 45.0 Å². The summed E-state index contributed by atoms with van der Waals surface area (Å²) in [4.78, 5) is 61.1. The zero-order valence-corrected chi connectivity index (χ0v) is 25.6. The number of anilines is 1. The van der Waals surface area contributed by atoms with E-state index in [-0.39, 0.29) is 36.1 Å². The van der Waals surface area contributed by atoms with Gasteiger partial charge in [0.1, 0.15) is 6.23 Å². The van der Waals surface area contributed by atoms with Gasteiger partial charge in [-0.15, -0.1) is 0 Å². The molecule has 9 N–H and O–H groups in total. The third-order valence-electron chi connectivity index (χ3n) is 5.67. The van der Waals surface area contributed by atoms with Crippen LogP contribution in [0.1, 0.15) is 45.3 Å². The van der Waals surface area contributed by atoms with Crippen LogP contribution >= 0.6 is 31.3 Å². The lowest BCUT2D eigenvalue weighted by atomic mass is 10.0. The predicted molar refractivity (Wildman–Crippen MR) is 142 cm³/mol. The highest BCUT2D eigenvalue weighted by atomic mass is 31.3. The van der Waals surface area contributed by atoms with Crippen molar-refractivity contribution in [3.63, 3.8) is 0 Å². The summed E-state index contributed by atoms with van der Waals surface area (Å²) in [5, 5.41) is 0. The van der Waals surface area contributed by atoms with Gasteiger partial charge in [0.05, 0.1) is 25.6 Å². The van der Waals surface area contributed by atoms with Crippen molar-refractivity contribution >= 4 is 48.4 Å². The van der Waals surface area contributed by atoms with Crippen LogP contribution in [0.2, 0.25) is 0 Å². The molecule has 0 radical (unpaired) electrons. The Hall–Kier alpha value is -1.37. The Kier molecular flexibility index (Phi) is 11.8. The Bertz CT molecular complexity index is 1480. The number of hydrogen-bond acceptors (Lipinski definition) is 15. The van der Waals surface area contributed by atoms with Crippen LogP contribution in [0, 0.1) is 5.92 Å². The molecule has 1 fully saturated rings. The van der Waals surface area contributed by atoms with Crippen LogP contribution in [0.3, 0.4) is 0 Å². The van der Waals surface area contributed by atoms with Crippen molar-refractivity contribution in [3.8, 4) is 0 Å². The molecule has 0 saturated carbocycles. The second-order valence-corrected chi connectivity index (χ2v) is 15.3. The van der Waals surface area contributed by atoms with Crippen molar-refractivity contribution < 1.29 is 64.6 Å². The van der Waals surface area contributed by atoms with Crippen molar-refractivity contribution in [1.29, 1.82) is 0 Å². The molecule has 0 spiro atoms. The Labute approximate surface area is 237 Å². The van der Waals surface area contributed by atoms with Crippen LogP contribution in [-0.4, -0.2) is 65.0 Å². The number of aromatic amines is 1. The number of phosphoric ester groups is 2. The Morgan fingerprint density at radius 3 is 2.24 bits per heavy atom. The second-order valence-electron chi connectivity index (χ2n) is 9.07. The van der Waals surface area contributed by atoms with Gasteiger partial charge in [0.2, 0.25) is 5.95 Å². The molecule has 0 bridgehead atoms. The Balaban J connectivity index is 1.53. The van der Waals surface area contributed by atoms with Gasteiger partial charge in [-0.2, -0.15) is 17.9 Å². The Morgan fingerprint density at radius 1 is 1.00 bits per heavy atom. The molecule has 1 saturated heterocycles.